The summed E-state index contributed by atoms with van der Waals surface area (Å²) in [4.78, 5) is 0. The molecular formula is C11H16FN+. The Morgan fingerprint density at radius 1 is 1.23 bits per heavy atom. The summed E-state index contributed by atoms with van der Waals surface area (Å²) < 4.78 is 13.1. The summed E-state index contributed by atoms with van der Waals surface area (Å²) in [5.74, 6) is 0. The Morgan fingerprint density at radius 3 is 2.54 bits per heavy atom. The molecule has 1 rings (SSSR count). The lowest BCUT2D eigenvalue weighted by atomic mass is 10.2. The van der Waals surface area contributed by atoms with Crippen LogP contribution in [0.5, 0.6) is 0 Å². The predicted octanol–water partition coefficient (Wildman–Crippen LogP) is 3.01. The van der Waals surface area contributed by atoms with Gasteiger partial charge < -0.3 is 0 Å². The second-order valence-corrected chi connectivity index (χ2v) is 3.18. The largest absolute Gasteiger partial charge is 0.192 e. The van der Waals surface area contributed by atoms with Crippen LogP contribution < -0.4 is 5.12 Å². The van der Waals surface area contributed by atoms with Crippen molar-refractivity contribution < 1.29 is 4.48 Å². The SMILES string of the molecule is CCCC[N+](F)Cc1ccccc1. The van der Waals surface area contributed by atoms with E-state index in [0.29, 0.717) is 13.1 Å². The quantitative estimate of drug-likeness (QED) is 0.616. The molecule has 0 bridgehead atoms. The van der Waals surface area contributed by atoms with Gasteiger partial charge >= 0.3 is 0 Å². The predicted molar refractivity (Wildman–Crippen MR) is 53.2 cm³/mol. The first kappa shape index (κ1) is 10.2. The van der Waals surface area contributed by atoms with Crippen LogP contribution in [0.2, 0.25) is 0 Å². The van der Waals surface area contributed by atoms with Gasteiger partial charge in [-0.25, -0.2) is 0 Å². The summed E-state index contributed by atoms with van der Waals surface area (Å²) >= 11 is 0. The maximum absolute atomic E-state index is 13.1. The third kappa shape index (κ3) is 4.04. The molecule has 0 aliphatic heterocycles. The molecule has 13 heavy (non-hydrogen) atoms. The van der Waals surface area contributed by atoms with Crippen LogP contribution in [0, 0.1) is 0 Å². The van der Waals surface area contributed by atoms with Gasteiger partial charge in [0.25, 0.3) is 0 Å². The lowest BCUT2D eigenvalue weighted by Crippen LogP contribution is -2.20. The van der Waals surface area contributed by atoms with Crippen molar-refractivity contribution in [3.63, 3.8) is 0 Å². The summed E-state index contributed by atoms with van der Waals surface area (Å²) in [6.45, 7) is 3.00. The van der Waals surface area contributed by atoms with Crippen LogP contribution in [-0.4, -0.2) is 6.54 Å². The van der Waals surface area contributed by atoms with Gasteiger partial charge in [0.2, 0.25) is 0 Å². The second kappa shape index (κ2) is 5.70. The Balaban J connectivity index is 2.32. The average molecular weight is 181 g/mol. The van der Waals surface area contributed by atoms with Crippen molar-refractivity contribution in [2.24, 2.45) is 0 Å². The third-order valence-corrected chi connectivity index (χ3v) is 1.95. The number of hydrogen-bond acceptors (Lipinski definition) is 1. The Labute approximate surface area is 79.1 Å². The zero-order chi connectivity index (χ0) is 9.52. The fourth-order valence-corrected chi connectivity index (χ4v) is 1.19. The van der Waals surface area contributed by atoms with Gasteiger partial charge in [0.05, 0.1) is 9.60 Å². The van der Waals surface area contributed by atoms with Crippen LogP contribution in [0.3, 0.4) is 0 Å². The van der Waals surface area contributed by atoms with Crippen LogP contribution in [0.1, 0.15) is 25.3 Å². The first-order chi connectivity index (χ1) is 6.33. The zero-order valence-corrected chi connectivity index (χ0v) is 8.04. The van der Waals surface area contributed by atoms with Crippen molar-refractivity contribution in [3.8, 4) is 0 Å². The standard InChI is InChI=1S/C11H16FN/c1-2-3-9-13(12)10-11-7-5-4-6-8-11/h4-8H,2-3,9-10H2,1H3/q+1. The molecule has 1 aromatic rings. The molecule has 0 spiro atoms. The molecule has 0 saturated carbocycles. The summed E-state index contributed by atoms with van der Waals surface area (Å²) in [5.41, 5.74) is 1.03. The lowest BCUT2D eigenvalue weighted by Gasteiger charge is -1.98. The van der Waals surface area contributed by atoms with Crippen LogP contribution in [-0.2, 0) is 6.54 Å². The van der Waals surface area contributed by atoms with Gasteiger partial charge in [-0.05, 0) is 0 Å². The molecule has 0 fully saturated rings. The molecule has 1 nitrogen and oxygen atoms in total. The van der Waals surface area contributed by atoms with Gasteiger partial charge in [0, 0.05) is 12.0 Å². The van der Waals surface area contributed by atoms with E-state index in [1.165, 1.54) is 0 Å². The minimum Gasteiger partial charge on any atom is -0.0652 e. The summed E-state index contributed by atoms with van der Waals surface area (Å²) in [6.07, 6.45) is 1.96. The number of halogens is 1. The van der Waals surface area contributed by atoms with E-state index >= 15 is 0 Å². The van der Waals surface area contributed by atoms with Crippen LogP contribution in [0.25, 0.3) is 0 Å². The highest BCUT2D eigenvalue weighted by molar-refractivity contribution is 5.14. The van der Waals surface area contributed by atoms with E-state index in [0.717, 1.165) is 23.5 Å². The fraction of sp³-hybridized carbons (Fsp3) is 0.455. The van der Waals surface area contributed by atoms with Gasteiger partial charge in [-0.15, -0.1) is 0 Å². The van der Waals surface area contributed by atoms with Crippen molar-refractivity contribution in [3.05, 3.63) is 35.9 Å². The maximum atomic E-state index is 13.1. The number of hydrogen-bond donors (Lipinski definition) is 0. The Hall–Kier alpha value is -0.890. The number of nitrogens with zero attached hydrogens (tertiary/aromatic N) is 1. The van der Waals surface area contributed by atoms with Gasteiger partial charge in [-0.2, -0.15) is 0 Å². The van der Waals surface area contributed by atoms with E-state index in [1.807, 2.05) is 30.3 Å². The first-order valence-electron chi connectivity index (χ1n) is 4.77. The number of benzene rings is 1. The van der Waals surface area contributed by atoms with Crippen molar-refractivity contribution in [1.82, 2.24) is 5.12 Å². The highest BCUT2D eigenvalue weighted by Crippen LogP contribution is 2.03. The minimum absolute atomic E-state index is 0.404. The molecule has 0 aliphatic carbocycles. The summed E-state index contributed by atoms with van der Waals surface area (Å²) in [6, 6.07) is 9.70. The normalized spacial score (nSPS) is 10.7. The molecule has 2 heteroatoms. The van der Waals surface area contributed by atoms with E-state index < -0.39 is 0 Å². The van der Waals surface area contributed by atoms with Crippen LogP contribution in [0.15, 0.2) is 30.3 Å². The molecule has 1 aromatic carbocycles. The topological polar surface area (TPSA) is 5.90 Å². The van der Waals surface area contributed by atoms with Crippen molar-refractivity contribution in [1.29, 1.82) is 0 Å². The Kier molecular flexibility index (Phi) is 4.47. The van der Waals surface area contributed by atoms with Crippen molar-refractivity contribution in [2.45, 2.75) is 26.3 Å². The highest BCUT2D eigenvalue weighted by Gasteiger charge is 2.14. The van der Waals surface area contributed by atoms with Gasteiger partial charge in [0.15, 0.2) is 13.1 Å². The van der Waals surface area contributed by atoms with Gasteiger partial charge in [0.1, 0.15) is 0 Å². The lowest BCUT2D eigenvalue weighted by molar-refractivity contribution is 0.133. The molecule has 0 aromatic heterocycles. The molecule has 0 aliphatic rings. The number of unbranched alkanes of at least 4 members (excludes halogenated alkanes) is 1. The van der Waals surface area contributed by atoms with Gasteiger partial charge in [-0.1, -0.05) is 43.7 Å². The maximum Gasteiger partial charge on any atom is 0.192 e. The molecule has 0 saturated heterocycles. The molecular weight excluding hydrogens is 165 g/mol. The van der Waals surface area contributed by atoms with E-state index in [1.54, 1.807) is 0 Å². The first-order valence-corrected chi connectivity index (χ1v) is 4.77. The molecule has 0 amide bonds. The van der Waals surface area contributed by atoms with Crippen molar-refractivity contribution in [2.75, 3.05) is 6.54 Å². The van der Waals surface area contributed by atoms with Crippen LogP contribution >= 0.6 is 0 Å². The summed E-state index contributed by atoms with van der Waals surface area (Å²) in [5, 5.41) is 0.874. The molecule has 0 atom stereocenters. The van der Waals surface area contributed by atoms with Gasteiger partial charge in [-0.3, -0.25) is 0 Å². The Bertz CT molecular complexity index is 223. The monoisotopic (exact) mass is 181 g/mol. The summed E-state index contributed by atoms with van der Waals surface area (Å²) in [7, 11) is 0. The fourth-order valence-electron chi connectivity index (χ4n) is 1.19. The van der Waals surface area contributed by atoms with E-state index in [4.69, 9.17) is 0 Å². The minimum atomic E-state index is 0.404. The smallest absolute Gasteiger partial charge is 0.0652 e. The van der Waals surface area contributed by atoms with Crippen molar-refractivity contribution >= 4 is 0 Å². The average Bonchev–Trinajstić information content (AvgIpc) is 2.16. The zero-order valence-electron chi connectivity index (χ0n) is 8.04. The highest BCUT2D eigenvalue weighted by atomic mass is 19.2. The second-order valence-electron chi connectivity index (χ2n) is 3.18. The van der Waals surface area contributed by atoms with Crippen LogP contribution in [0.4, 0.5) is 4.48 Å². The molecule has 0 heterocycles. The van der Waals surface area contributed by atoms with E-state index in [9.17, 15) is 4.48 Å². The molecule has 0 unspecified atom stereocenters. The molecule has 1 radical (unpaired) electrons. The third-order valence-electron chi connectivity index (χ3n) is 1.95. The molecule has 71 valence electrons. The van der Waals surface area contributed by atoms with E-state index in [2.05, 4.69) is 6.92 Å². The number of rotatable bonds is 5. The van der Waals surface area contributed by atoms with E-state index in [-0.39, 0.29) is 0 Å². The Morgan fingerprint density at radius 2 is 1.92 bits per heavy atom. The molecule has 0 N–H and O–H groups in total.